The Morgan fingerprint density at radius 1 is 0.839 bits per heavy atom. The highest BCUT2D eigenvalue weighted by Gasteiger charge is 2.54. The normalized spacial score (nSPS) is 14.3. The largest absolute Gasteiger partial charge is 0.487 e. The van der Waals surface area contributed by atoms with E-state index in [1.54, 1.807) is 18.2 Å². The Kier molecular flexibility index (Phi) is 15.6. The third-order valence-electron chi connectivity index (χ3n) is 11.1. The molecule has 0 atom stereocenters. The van der Waals surface area contributed by atoms with Crippen molar-refractivity contribution in [2.45, 2.75) is 118 Å². The van der Waals surface area contributed by atoms with Crippen LogP contribution in [0.15, 0.2) is 66.7 Å². The number of halogens is 2. The van der Waals surface area contributed by atoms with Gasteiger partial charge in [-0.15, -0.1) is 0 Å². The number of hydrogen-bond donors (Lipinski definition) is 3. The van der Waals surface area contributed by atoms with Crippen LogP contribution in [0.5, 0.6) is 5.75 Å². The molecule has 0 aromatic heterocycles. The first-order valence-electron chi connectivity index (χ1n) is 19.7. The lowest BCUT2D eigenvalue weighted by atomic mass is 9.56. The molecule has 12 heteroatoms. The Hall–Kier alpha value is -4.35. The van der Waals surface area contributed by atoms with Gasteiger partial charge in [0.1, 0.15) is 24.3 Å². The molecule has 4 rings (SSSR count). The van der Waals surface area contributed by atoms with Crippen molar-refractivity contribution in [2.24, 2.45) is 10.8 Å². The maximum atomic E-state index is 14.5. The highest BCUT2D eigenvalue weighted by molar-refractivity contribution is 6.32. The Bertz CT molecular complexity index is 1740. The highest BCUT2D eigenvalue weighted by Crippen LogP contribution is 2.52. The molecular formula is C44H59ClFN3O7. The summed E-state index contributed by atoms with van der Waals surface area (Å²) in [5.41, 5.74) is 2.25. The first-order valence-corrected chi connectivity index (χ1v) is 20.0. The number of imide groups is 1. The molecule has 3 aromatic carbocycles. The van der Waals surface area contributed by atoms with Crippen LogP contribution in [0.3, 0.4) is 0 Å². The average molecular weight is 796 g/mol. The van der Waals surface area contributed by atoms with Crippen molar-refractivity contribution in [1.29, 1.82) is 0 Å². The summed E-state index contributed by atoms with van der Waals surface area (Å²) in [6.45, 7) is 15.7. The van der Waals surface area contributed by atoms with Gasteiger partial charge in [-0.1, -0.05) is 122 Å². The number of nitrogens with zero attached hydrogens (tertiary/aromatic N) is 2. The number of unbranched alkanes of at least 4 members (excludes halogenated alkanes) is 5. The maximum Gasteiger partial charge on any atom is 0.416 e. The summed E-state index contributed by atoms with van der Waals surface area (Å²) in [4.78, 5) is 38.5. The molecule has 1 aliphatic heterocycles. The SMILES string of the molecule is CC(C)(C)C(CCCCCCCCN(C(=O)O)C(=O)O)(N1CCC(OC(=O)Nc2ccc(F)cc2-c2ccc(OCc3ccccc3)c(Cl)c2)CC1)C(C)(C)C. The third kappa shape index (κ3) is 11.6. The first-order chi connectivity index (χ1) is 26.4. The highest BCUT2D eigenvalue weighted by atomic mass is 35.5. The van der Waals surface area contributed by atoms with E-state index in [2.05, 4.69) is 51.8 Å². The lowest BCUT2D eigenvalue weighted by Gasteiger charge is -2.61. The fourth-order valence-electron chi connectivity index (χ4n) is 8.64. The Morgan fingerprint density at radius 2 is 1.45 bits per heavy atom. The van der Waals surface area contributed by atoms with E-state index in [1.807, 2.05) is 30.3 Å². The summed E-state index contributed by atoms with van der Waals surface area (Å²) in [5.74, 6) is 0.0480. The first kappa shape index (κ1) is 44.4. The van der Waals surface area contributed by atoms with Crippen LogP contribution >= 0.6 is 11.6 Å². The zero-order valence-electron chi connectivity index (χ0n) is 33.7. The molecule has 3 N–H and O–H groups in total. The van der Waals surface area contributed by atoms with Gasteiger partial charge in [0.05, 0.1) is 10.7 Å². The number of hydrogen-bond acceptors (Lipinski definition) is 6. The minimum absolute atomic E-state index is 0.00740. The van der Waals surface area contributed by atoms with Crippen LogP contribution in [-0.4, -0.2) is 69.6 Å². The molecule has 3 aromatic rings. The molecule has 0 aliphatic carbocycles. The van der Waals surface area contributed by atoms with Crippen LogP contribution in [0, 0.1) is 16.6 Å². The summed E-state index contributed by atoms with van der Waals surface area (Å²) < 4.78 is 26.4. The van der Waals surface area contributed by atoms with Crippen molar-refractivity contribution >= 4 is 35.6 Å². The number of rotatable bonds is 16. The van der Waals surface area contributed by atoms with Gasteiger partial charge in [0.2, 0.25) is 0 Å². The van der Waals surface area contributed by atoms with Crippen molar-refractivity contribution in [3.8, 4) is 16.9 Å². The topological polar surface area (TPSA) is 129 Å². The number of benzene rings is 3. The monoisotopic (exact) mass is 795 g/mol. The third-order valence-corrected chi connectivity index (χ3v) is 11.4. The van der Waals surface area contributed by atoms with E-state index in [0.717, 1.165) is 57.2 Å². The molecule has 0 spiro atoms. The molecular weight excluding hydrogens is 737 g/mol. The summed E-state index contributed by atoms with van der Waals surface area (Å²) in [6, 6.07) is 19.1. The van der Waals surface area contributed by atoms with Crippen LogP contribution in [0.1, 0.15) is 105 Å². The van der Waals surface area contributed by atoms with Crippen molar-refractivity contribution in [3.63, 3.8) is 0 Å². The number of anilines is 1. The van der Waals surface area contributed by atoms with E-state index >= 15 is 0 Å². The second-order valence-corrected chi connectivity index (χ2v) is 17.2. The van der Waals surface area contributed by atoms with Gasteiger partial charge in [0.15, 0.2) is 0 Å². The number of carboxylic acid groups (broad SMARTS) is 2. The van der Waals surface area contributed by atoms with E-state index in [9.17, 15) is 18.8 Å². The molecule has 306 valence electrons. The fourth-order valence-corrected chi connectivity index (χ4v) is 8.88. The van der Waals surface area contributed by atoms with Crippen molar-refractivity contribution < 1.29 is 38.5 Å². The molecule has 0 bridgehead atoms. The molecule has 56 heavy (non-hydrogen) atoms. The standard InChI is InChI=1S/C44H59ClFN3O7/c1-42(2,3)44(43(4,5)6,24-14-9-7-8-10-15-25-49(40(51)52)41(53)54)48-26-22-34(23-27-48)56-39(50)47-37-20-19-33(46)29-35(37)32-18-21-38(36(45)28-32)55-30-31-16-12-11-13-17-31/h11-13,16-21,28-29,34H,7-10,14-15,22-27,30H2,1-6H3,(H,47,50)(H,51,52)(H,53,54). The maximum absolute atomic E-state index is 14.5. The number of carbonyl (C=O) groups excluding carboxylic acids is 1. The van der Waals surface area contributed by atoms with Gasteiger partial charge in [-0.3, -0.25) is 10.2 Å². The summed E-state index contributed by atoms with van der Waals surface area (Å²) >= 11 is 6.59. The van der Waals surface area contributed by atoms with E-state index < -0.39 is 24.1 Å². The van der Waals surface area contributed by atoms with Gasteiger partial charge in [-0.05, 0) is 78.0 Å². The van der Waals surface area contributed by atoms with Crippen LogP contribution in [0.25, 0.3) is 11.1 Å². The second-order valence-electron chi connectivity index (χ2n) is 16.8. The smallest absolute Gasteiger partial charge is 0.416 e. The number of piperidine rings is 1. The van der Waals surface area contributed by atoms with Crippen LogP contribution < -0.4 is 10.1 Å². The van der Waals surface area contributed by atoms with E-state index in [4.69, 9.17) is 31.3 Å². The zero-order chi connectivity index (χ0) is 41.1. The quantitative estimate of drug-likeness (QED) is 0.122. The number of carbonyl (C=O) groups is 3. The molecule has 3 amide bonds. The molecule has 1 aliphatic rings. The Labute approximate surface area is 336 Å². The lowest BCUT2D eigenvalue weighted by molar-refractivity contribution is -0.114. The molecule has 0 saturated carbocycles. The number of likely N-dealkylation sites (tertiary alicyclic amines) is 1. The second kappa shape index (κ2) is 19.7. The van der Waals surface area contributed by atoms with Crippen LogP contribution in [0.4, 0.5) is 24.5 Å². The average Bonchev–Trinajstić information content (AvgIpc) is 3.12. The predicted molar refractivity (Wildman–Crippen MR) is 219 cm³/mol. The van der Waals surface area contributed by atoms with Crippen LogP contribution in [-0.2, 0) is 11.3 Å². The minimum atomic E-state index is -1.44. The van der Waals surface area contributed by atoms with E-state index in [0.29, 0.717) is 58.4 Å². The lowest BCUT2D eigenvalue weighted by Crippen LogP contribution is -2.66. The molecule has 1 heterocycles. The Morgan fingerprint density at radius 3 is 2.04 bits per heavy atom. The van der Waals surface area contributed by atoms with Gasteiger partial charge in [-0.25, -0.2) is 23.7 Å². The number of amides is 3. The van der Waals surface area contributed by atoms with Gasteiger partial charge in [0.25, 0.3) is 0 Å². The summed E-state index contributed by atoms with van der Waals surface area (Å²) in [6.07, 6.45) is 3.86. The fraction of sp³-hybridized carbons (Fsp3) is 0.523. The molecule has 1 fully saturated rings. The number of ether oxygens (including phenoxy) is 2. The molecule has 1 saturated heterocycles. The van der Waals surface area contributed by atoms with Gasteiger partial charge in [0, 0.05) is 30.7 Å². The molecule has 10 nitrogen and oxygen atoms in total. The zero-order valence-corrected chi connectivity index (χ0v) is 34.5. The minimum Gasteiger partial charge on any atom is -0.487 e. The molecule has 0 radical (unpaired) electrons. The van der Waals surface area contributed by atoms with Gasteiger partial charge >= 0.3 is 18.3 Å². The predicted octanol–water partition coefficient (Wildman–Crippen LogP) is 12.0. The molecule has 0 unspecified atom stereocenters. The van der Waals surface area contributed by atoms with Crippen molar-refractivity contribution in [2.75, 3.05) is 25.0 Å². The number of nitrogens with one attached hydrogen (secondary N) is 1. The van der Waals surface area contributed by atoms with Gasteiger partial charge < -0.3 is 19.7 Å². The summed E-state index contributed by atoms with van der Waals surface area (Å²) in [5, 5.41) is 21.3. The van der Waals surface area contributed by atoms with Gasteiger partial charge in [-0.2, -0.15) is 0 Å². The van der Waals surface area contributed by atoms with E-state index in [-0.39, 0.29) is 29.0 Å². The van der Waals surface area contributed by atoms with Crippen LogP contribution in [0.2, 0.25) is 5.02 Å². The van der Waals surface area contributed by atoms with Crippen molar-refractivity contribution in [3.05, 3.63) is 83.1 Å². The Balaban J connectivity index is 1.33. The van der Waals surface area contributed by atoms with Crippen molar-refractivity contribution in [1.82, 2.24) is 9.80 Å². The summed E-state index contributed by atoms with van der Waals surface area (Å²) in [7, 11) is 0. The van der Waals surface area contributed by atoms with E-state index in [1.165, 1.54) is 18.2 Å².